The maximum absolute atomic E-state index is 11.7. The Morgan fingerprint density at radius 2 is 1.88 bits per heavy atom. The molecule has 0 aliphatic carbocycles. The van der Waals surface area contributed by atoms with Gasteiger partial charge in [0, 0.05) is 11.8 Å². The molecule has 0 saturated heterocycles. The summed E-state index contributed by atoms with van der Waals surface area (Å²) in [6, 6.07) is 9.55. The van der Waals surface area contributed by atoms with Crippen LogP contribution in [0.3, 0.4) is 0 Å². The Kier molecular flexibility index (Phi) is 6.53. The number of carbonyl (C=O) groups excluding carboxylic acids is 3. The van der Waals surface area contributed by atoms with Crippen molar-refractivity contribution in [2.24, 2.45) is 0 Å². The van der Waals surface area contributed by atoms with Gasteiger partial charge in [-0.1, -0.05) is 0 Å². The van der Waals surface area contributed by atoms with Crippen LogP contribution in [0.5, 0.6) is 0 Å². The van der Waals surface area contributed by atoms with Crippen molar-refractivity contribution in [1.29, 1.82) is 0 Å². The van der Waals surface area contributed by atoms with Crippen molar-refractivity contribution >= 4 is 29.6 Å². The van der Waals surface area contributed by atoms with Crippen LogP contribution in [0, 0.1) is 0 Å². The summed E-state index contributed by atoms with van der Waals surface area (Å²) >= 11 is 0. The van der Waals surface area contributed by atoms with Gasteiger partial charge in [-0.3, -0.25) is 4.79 Å². The molecule has 1 heterocycles. The SMILES string of the molecule is CCOC(=O)c1ccc(NC(=O)COC(=O)/C=C/c2ccco2)cc1. The van der Waals surface area contributed by atoms with Crippen molar-refractivity contribution in [2.75, 3.05) is 18.5 Å². The number of anilines is 1. The van der Waals surface area contributed by atoms with Crippen LogP contribution in [-0.4, -0.2) is 31.1 Å². The van der Waals surface area contributed by atoms with Gasteiger partial charge in [0.05, 0.1) is 18.4 Å². The van der Waals surface area contributed by atoms with Gasteiger partial charge in [0.1, 0.15) is 5.76 Å². The first kappa shape index (κ1) is 18.0. The molecule has 1 aromatic heterocycles. The normalized spacial score (nSPS) is 10.4. The van der Waals surface area contributed by atoms with Crippen LogP contribution in [0.4, 0.5) is 5.69 Å². The number of esters is 2. The minimum absolute atomic E-state index is 0.289. The zero-order valence-corrected chi connectivity index (χ0v) is 13.6. The second-order valence-corrected chi connectivity index (χ2v) is 4.80. The number of amides is 1. The number of hydrogen-bond acceptors (Lipinski definition) is 6. The fraction of sp³-hybridized carbons (Fsp3) is 0.167. The summed E-state index contributed by atoms with van der Waals surface area (Å²) in [7, 11) is 0. The fourth-order valence-corrected chi connectivity index (χ4v) is 1.82. The predicted octanol–water partition coefficient (Wildman–Crippen LogP) is 2.65. The molecule has 1 N–H and O–H groups in total. The lowest BCUT2D eigenvalue weighted by atomic mass is 10.2. The molecule has 2 rings (SSSR count). The Morgan fingerprint density at radius 3 is 2.52 bits per heavy atom. The highest BCUT2D eigenvalue weighted by Crippen LogP contribution is 2.10. The first-order valence-corrected chi connectivity index (χ1v) is 7.54. The number of ether oxygens (including phenoxy) is 2. The van der Waals surface area contributed by atoms with E-state index >= 15 is 0 Å². The third-order valence-electron chi connectivity index (χ3n) is 2.95. The van der Waals surface area contributed by atoms with Crippen LogP contribution in [0.15, 0.2) is 53.2 Å². The minimum Gasteiger partial charge on any atom is -0.465 e. The van der Waals surface area contributed by atoms with E-state index in [2.05, 4.69) is 5.32 Å². The van der Waals surface area contributed by atoms with Gasteiger partial charge in [-0.25, -0.2) is 9.59 Å². The number of hydrogen-bond donors (Lipinski definition) is 1. The van der Waals surface area contributed by atoms with Crippen LogP contribution in [0.2, 0.25) is 0 Å². The van der Waals surface area contributed by atoms with E-state index in [9.17, 15) is 14.4 Å². The highest BCUT2D eigenvalue weighted by Gasteiger charge is 2.08. The largest absolute Gasteiger partial charge is 0.465 e. The predicted molar refractivity (Wildman–Crippen MR) is 89.7 cm³/mol. The standard InChI is InChI=1S/C18H17NO6/c1-2-23-18(22)13-5-7-14(8-6-13)19-16(20)12-25-17(21)10-9-15-4-3-11-24-15/h3-11H,2,12H2,1H3,(H,19,20)/b10-9+. The molecule has 0 bridgehead atoms. The van der Waals surface area contributed by atoms with Gasteiger partial charge in [-0.2, -0.15) is 0 Å². The molecule has 0 aliphatic rings. The Morgan fingerprint density at radius 1 is 1.12 bits per heavy atom. The number of benzene rings is 1. The summed E-state index contributed by atoms with van der Waals surface area (Å²) in [6.45, 7) is 1.58. The monoisotopic (exact) mass is 343 g/mol. The molecule has 0 spiro atoms. The minimum atomic E-state index is -0.663. The van der Waals surface area contributed by atoms with Gasteiger partial charge in [-0.15, -0.1) is 0 Å². The average Bonchev–Trinajstić information content (AvgIpc) is 3.12. The molecule has 0 fully saturated rings. The molecule has 0 atom stereocenters. The number of carbonyl (C=O) groups is 3. The van der Waals surface area contributed by atoms with Crippen LogP contribution in [-0.2, 0) is 19.1 Å². The molecule has 0 saturated carbocycles. The van der Waals surface area contributed by atoms with Gasteiger partial charge in [-0.05, 0) is 49.4 Å². The summed E-state index contributed by atoms with van der Waals surface area (Å²) in [5.74, 6) is -1.09. The lowest BCUT2D eigenvalue weighted by Gasteiger charge is -2.06. The molecule has 1 amide bonds. The van der Waals surface area contributed by atoms with Gasteiger partial charge in [0.2, 0.25) is 0 Å². The van der Waals surface area contributed by atoms with E-state index < -0.39 is 24.5 Å². The number of furan rings is 1. The molecule has 25 heavy (non-hydrogen) atoms. The highest BCUT2D eigenvalue weighted by atomic mass is 16.5. The molecule has 1 aromatic carbocycles. The van der Waals surface area contributed by atoms with Crippen LogP contribution >= 0.6 is 0 Å². The quantitative estimate of drug-likeness (QED) is 0.613. The van der Waals surface area contributed by atoms with Crippen LogP contribution in [0.25, 0.3) is 6.08 Å². The molecule has 0 radical (unpaired) electrons. The second kappa shape index (κ2) is 9.07. The third kappa shape index (κ3) is 5.98. The maximum atomic E-state index is 11.7. The number of rotatable bonds is 7. The maximum Gasteiger partial charge on any atom is 0.338 e. The molecule has 130 valence electrons. The van der Waals surface area contributed by atoms with E-state index in [4.69, 9.17) is 13.9 Å². The van der Waals surface area contributed by atoms with Crippen molar-refractivity contribution in [3.8, 4) is 0 Å². The summed E-state index contributed by atoms with van der Waals surface area (Å²) < 4.78 is 14.7. The summed E-state index contributed by atoms with van der Waals surface area (Å²) in [5, 5.41) is 2.55. The summed E-state index contributed by atoms with van der Waals surface area (Å²) in [4.78, 5) is 34.8. The van der Waals surface area contributed by atoms with Crippen LogP contribution < -0.4 is 5.32 Å². The zero-order valence-electron chi connectivity index (χ0n) is 13.6. The smallest absolute Gasteiger partial charge is 0.338 e. The van der Waals surface area contributed by atoms with Crippen molar-refractivity contribution in [1.82, 2.24) is 0 Å². The molecular formula is C18H17NO6. The van der Waals surface area contributed by atoms with Crippen molar-refractivity contribution in [3.05, 3.63) is 60.1 Å². The van der Waals surface area contributed by atoms with E-state index in [0.717, 1.165) is 0 Å². The first-order valence-electron chi connectivity index (χ1n) is 7.54. The van der Waals surface area contributed by atoms with E-state index in [1.54, 1.807) is 31.2 Å². The zero-order chi connectivity index (χ0) is 18.1. The van der Waals surface area contributed by atoms with Gasteiger partial charge in [0.15, 0.2) is 6.61 Å². The highest BCUT2D eigenvalue weighted by molar-refractivity contribution is 5.95. The summed E-state index contributed by atoms with van der Waals surface area (Å²) in [6.07, 6.45) is 4.08. The van der Waals surface area contributed by atoms with Gasteiger partial charge in [0.25, 0.3) is 5.91 Å². The molecule has 0 aliphatic heterocycles. The average molecular weight is 343 g/mol. The van der Waals surface area contributed by atoms with E-state index in [0.29, 0.717) is 17.0 Å². The van der Waals surface area contributed by atoms with Crippen molar-refractivity contribution < 1.29 is 28.3 Å². The Bertz CT molecular complexity index is 746. The Hall–Kier alpha value is -3.35. The van der Waals surface area contributed by atoms with E-state index in [-0.39, 0.29) is 6.61 Å². The Balaban J connectivity index is 1.78. The lowest BCUT2D eigenvalue weighted by Crippen LogP contribution is -2.20. The fourth-order valence-electron chi connectivity index (χ4n) is 1.82. The molecule has 7 nitrogen and oxygen atoms in total. The van der Waals surface area contributed by atoms with E-state index in [1.807, 2.05) is 0 Å². The molecular weight excluding hydrogens is 326 g/mol. The van der Waals surface area contributed by atoms with Gasteiger partial charge >= 0.3 is 11.9 Å². The molecule has 7 heteroatoms. The third-order valence-corrected chi connectivity index (χ3v) is 2.95. The topological polar surface area (TPSA) is 94.8 Å². The van der Waals surface area contributed by atoms with Crippen molar-refractivity contribution in [3.63, 3.8) is 0 Å². The van der Waals surface area contributed by atoms with Crippen LogP contribution in [0.1, 0.15) is 23.0 Å². The van der Waals surface area contributed by atoms with Crippen molar-refractivity contribution in [2.45, 2.75) is 6.92 Å². The summed E-state index contributed by atoms with van der Waals surface area (Å²) in [5.41, 5.74) is 0.856. The second-order valence-electron chi connectivity index (χ2n) is 4.80. The molecule has 2 aromatic rings. The van der Waals surface area contributed by atoms with E-state index in [1.165, 1.54) is 30.5 Å². The Labute approximate surface area is 144 Å². The lowest BCUT2D eigenvalue weighted by molar-refractivity contribution is -0.142. The molecule has 0 unspecified atom stereocenters. The van der Waals surface area contributed by atoms with Gasteiger partial charge < -0.3 is 19.2 Å². The number of nitrogens with one attached hydrogen (secondary N) is 1. The first-order chi connectivity index (χ1) is 12.1.